The Bertz CT molecular complexity index is 609. The van der Waals surface area contributed by atoms with Crippen molar-refractivity contribution in [3.8, 4) is 0 Å². The van der Waals surface area contributed by atoms with Crippen molar-refractivity contribution in [1.29, 1.82) is 0 Å². The summed E-state index contributed by atoms with van der Waals surface area (Å²) in [6, 6.07) is 5.14. The van der Waals surface area contributed by atoms with E-state index >= 15 is 0 Å². The number of nitrogens with zero attached hydrogens (tertiary/aromatic N) is 1. The number of likely N-dealkylation sites (tertiary alicyclic amines) is 1. The minimum atomic E-state index is -0.505. The molecule has 1 aliphatic rings. The van der Waals surface area contributed by atoms with E-state index in [0.717, 1.165) is 12.0 Å². The molecule has 1 heterocycles. The molecule has 1 unspecified atom stereocenters. The van der Waals surface area contributed by atoms with E-state index in [4.69, 9.17) is 16.3 Å². The second-order valence-electron chi connectivity index (χ2n) is 6.64. The standard InChI is InChI=1S/C17H22ClNO4/c1-17(2,3)23-16(21)19-8-7-12(10-19)13-6-5-11(9-14(13)18)15(20)22-4/h5-6,9,12H,7-8,10H2,1-4H3. The summed E-state index contributed by atoms with van der Waals surface area (Å²) in [5.74, 6) is -0.276. The first-order chi connectivity index (χ1) is 10.7. The van der Waals surface area contributed by atoms with Crippen LogP contribution >= 0.6 is 11.6 Å². The summed E-state index contributed by atoms with van der Waals surface area (Å²) < 4.78 is 10.1. The van der Waals surface area contributed by atoms with Gasteiger partial charge in [0.25, 0.3) is 0 Å². The number of halogens is 1. The summed E-state index contributed by atoms with van der Waals surface area (Å²) in [5.41, 5.74) is 0.850. The zero-order chi connectivity index (χ0) is 17.2. The van der Waals surface area contributed by atoms with E-state index < -0.39 is 11.6 Å². The van der Waals surface area contributed by atoms with Crippen molar-refractivity contribution in [3.05, 3.63) is 34.3 Å². The van der Waals surface area contributed by atoms with Gasteiger partial charge in [-0.3, -0.25) is 0 Å². The van der Waals surface area contributed by atoms with Crippen LogP contribution in [-0.4, -0.2) is 42.8 Å². The molecule has 126 valence electrons. The van der Waals surface area contributed by atoms with E-state index in [1.54, 1.807) is 17.0 Å². The molecule has 0 aliphatic carbocycles. The van der Waals surface area contributed by atoms with Gasteiger partial charge in [0.1, 0.15) is 5.60 Å². The van der Waals surface area contributed by atoms with Crippen LogP contribution in [0, 0.1) is 0 Å². The lowest BCUT2D eigenvalue weighted by Crippen LogP contribution is -2.35. The largest absolute Gasteiger partial charge is 0.465 e. The molecular formula is C17H22ClNO4. The second-order valence-corrected chi connectivity index (χ2v) is 7.05. The molecule has 1 aromatic rings. The molecular weight excluding hydrogens is 318 g/mol. The van der Waals surface area contributed by atoms with Gasteiger partial charge in [0, 0.05) is 24.0 Å². The molecule has 0 N–H and O–H groups in total. The highest BCUT2D eigenvalue weighted by molar-refractivity contribution is 6.31. The van der Waals surface area contributed by atoms with Gasteiger partial charge in [-0.2, -0.15) is 0 Å². The number of carbonyl (C=O) groups is 2. The molecule has 0 radical (unpaired) electrons. The Morgan fingerprint density at radius 1 is 1.30 bits per heavy atom. The van der Waals surface area contributed by atoms with Crippen LogP contribution in [0.4, 0.5) is 4.79 Å². The van der Waals surface area contributed by atoms with Gasteiger partial charge in [-0.05, 0) is 44.9 Å². The van der Waals surface area contributed by atoms with Gasteiger partial charge in [-0.1, -0.05) is 17.7 Å². The van der Waals surface area contributed by atoms with Crippen molar-refractivity contribution in [2.24, 2.45) is 0 Å². The van der Waals surface area contributed by atoms with E-state index in [1.807, 2.05) is 26.8 Å². The van der Waals surface area contributed by atoms with Gasteiger partial charge in [0.05, 0.1) is 12.7 Å². The number of ether oxygens (including phenoxy) is 2. The molecule has 1 saturated heterocycles. The van der Waals surface area contributed by atoms with Crippen LogP contribution in [0.25, 0.3) is 0 Å². The van der Waals surface area contributed by atoms with Crippen LogP contribution in [0.5, 0.6) is 0 Å². The predicted octanol–water partition coefficient (Wildman–Crippen LogP) is 3.85. The Balaban J connectivity index is 2.07. The lowest BCUT2D eigenvalue weighted by Gasteiger charge is -2.24. The second kappa shape index (κ2) is 6.79. The number of hydrogen-bond donors (Lipinski definition) is 0. The lowest BCUT2D eigenvalue weighted by atomic mass is 9.97. The number of hydrogen-bond acceptors (Lipinski definition) is 4. The molecule has 1 amide bonds. The lowest BCUT2D eigenvalue weighted by molar-refractivity contribution is 0.0292. The van der Waals surface area contributed by atoms with E-state index in [1.165, 1.54) is 7.11 Å². The van der Waals surface area contributed by atoms with Crippen LogP contribution in [0.3, 0.4) is 0 Å². The van der Waals surface area contributed by atoms with Crippen LogP contribution in [0.2, 0.25) is 5.02 Å². The first-order valence-electron chi connectivity index (χ1n) is 7.57. The summed E-state index contributed by atoms with van der Waals surface area (Å²) in [6.45, 7) is 6.74. The third kappa shape index (κ3) is 4.38. The van der Waals surface area contributed by atoms with Gasteiger partial charge in [0.2, 0.25) is 0 Å². The molecule has 5 nitrogen and oxygen atoms in total. The van der Waals surface area contributed by atoms with Crippen molar-refractivity contribution in [1.82, 2.24) is 4.90 Å². The smallest absolute Gasteiger partial charge is 0.410 e. The van der Waals surface area contributed by atoms with E-state index in [-0.39, 0.29) is 12.0 Å². The first kappa shape index (κ1) is 17.6. The van der Waals surface area contributed by atoms with E-state index in [0.29, 0.717) is 23.7 Å². The molecule has 1 aliphatic heterocycles. The maximum atomic E-state index is 12.1. The molecule has 0 spiro atoms. The first-order valence-corrected chi connectivity index (χ1v) is 7.95. The highest BCUT2D eigenvalue weighted by Gasteiger charge is 2.31. The summed E-state index contributed by atoms with van der Waals surface area (Å²) in [7, 11) is 1.33. The summed E-state index contributed by atoms with van der Waals surface area (Å²) in [4.78, 5) is 25.3. The highest BCUT2D eigenvalue weighted by Crippen LogP contribution is 2.33. The Morgan fingerprint density at radius 3 is 2.57 bits per heavy atom. The van der Waals surface area contributed by atoms with Crippen LogP contribution in [0.1, 0.15) is 49.0 Å². The monoisotopic (exact) mass is 339 g/mol. The Hall–Kier alpha value is -1.75. The summed E-state index contributed by atoms with van der Waals surface area (Å²) >= 11 is 6.30. The summed E-state index contributed by atoms with van der Waals surface area (Å²) in [5, 5.41) is 0.518. The molecule has 1 aromatic carbocycles. The highest BCUT2D eigenvalue weighted by atomic mass is 35.5. The minimum Gasteiger partial charge on any atom is -0.465 e. The van der Waals surface area contributed by atoms with Crippen LogP contribution in [-0.2, 0) is 9.47 Å². The van der Waals surface area contributed by atoms with Gasteiger partial charge in [-0.25, -0.2) is 9.59 Å². The van der Waals surface area contributed by atoms with Crippen molar-refractivity contribution >= 4 is 23.7 Å². The van der Waals surface area contributed by atoms with Gasteiger partial charge >= 0.3 is 12.1 Å². The SMILES string of the molecule is COC(=O)c1ccc(C2CCN(C(=O)OC(C)(C)C)C2)c(Cl)c1. The topological polar surface area (TPSA) is 55.8 Å². The number of esters is 1. The fourth-order valence-corrected chi connectivity index (χ4v) is 2.94. The van der Waals surface area contributed by atoms with Crippen LogP contribution in [0.15, 0.2) is 18.2 Å². The van der Waals surface area contributed by atoms with Crippen molar-refractivity contribution in [3.63, 3.8) is 0 Å². The average molecular weight is 340 g/mol. The fourth-order valence-electron chi connectivity index (χ4n) is 2.61. The van der Waals surface area contributed by atoms with Crippen molar-refractivity contribution in [2.75, 3.05) is 20.2 Å². The van der Waals surface area contributed by atoms with E-state index in [9.17, 15) is 9.59 Å². The molecule has 6 heteroatoms. The van der Waals surface area contributed by atoms with Gasteiger partial charge in [-0.15, -0.1) is 0 Å². The molecule has 0 saturated carbocycles. The predicted molar refractivity (Wildman–Crippen MR) is 88.0 cm³/mol. The molecule has 0 aromatic heterocycles. The molecule has 1 fully saturated rings. The van der Waals surface area contributed by atoms with E-state index in [2.05, 4.69) is 4.74 Å². The van der Waals surface area contributed by atoms with Gasteiger partial charge < -0.3 is 14.4 Å². The average Bonchev–Trinajstić information content (AvgIpc) is 2.94. The number of methoxy groups -OCH3 is 1. The molecule has 0 bridgehead atoms. The summed E-state index contributed by atoms with van der Waals surface area (Å²) in [6.07, 6.45) is 0.513. The normalized spacial score (nSPS) is 18.0. The third-order valence-electron chi connectivity index (χ3n) is 3.70. The Morgan fingerprint density at radius 2 is 2.00 bits per heavy atom. The molecule has 2 rings (SSSR count). The van der Waals surface area contributed by atoms with Crippen LogP contribution < -0.4 is 0 Å². The van der Waals surface area contributed by atoms with Crippen molar-refractivity contribution < 1.29 is 19.1 Å². The third-order valence-corrected chi connectivity index (χ3v) is 4.03. The number of benzene rings is 1. The number of carbonyl (C=O) groups excluding carboxylic acids is 2. The Labute approximate surface area is 141 Å². The quantitative estimate of drug-likeness (QED) is 0.768. The van der Waals surface area contributed by atoms with Gasteiger partial charge in [0.15, 0.2) is 0 Å². The zero-order valence-corrected chi connectivity index (χ0v) is 14.6. The number of rotatable bonds is 2. The van der Waals surface area contributed by atoms with Crippen molar-refractivity contribution in [2.45, 2.75) is 38.7 Å². The Kier molecular flexibility index (Phi) is 5.19. The maximum Gasteiger partial charge on any atom is 0.410 e. The molecule has 1 atom stereocenters. The zero-order valence-electron chi connectivity index (χ0n) is 13.9. The molecule has 23 heavy (non-hydrogen) atoms. The fraction of sp³-hybridized carbons (Fsp3) is 0.529. The minimum absolute atomic E-state index is 0.140. The maximum absolute atomic E-state index is 12.1. The number of amides is 1.